The standard InChI is InChI=1S/C20H25N3/c1-14(23-11-5-6-12-23)17-7-9-18(10-8-17)20-16(3)22(4)15(2)19(20)13-21/h7-10,14H,5-6,11-12H2,1-4H3/t14-/m1/s1. The van der Waals surface area contributed by atoms with Crippen LogP contribution in [-0.2, 0) is 7.05 Å². The molecule has 1 fully saturated rings. The smallest absolute Gasteiger partial charge is 0.102 e. The summed E-state index contributed by atoms with van der Waals surface area (Å²) in [5.41, 5.74) is 6.56. The van der Waals surface area contributed by atoms with Crippen molar-refractivity contribution in [1.82, 2.24) is 9.47 Å². The fraction of sp³-hybridized carbons (Fsp3) is 0.450. The van der Waals surface area contributed by atoms with Crippen LogP contribution in [-0.4, -0.2) is 22.6 Å². The molecule has 0 bridgehead atoms. The molecule has 2 aromatic rings. The number of rotatable bonds is 3. The van der Waals surface area contributed by atoms with Gasteiger partial charge in [-0.2, -0.15) is 5.26 Å². The van der Waals surface area contributed by atoms with Gasteiger partial charge in [0, 0.05) is 30.0 Å². The Morgan fingerprint density at radius 1 is 1.04 bits per heavy atom. The maximum absolute atomic E-state index is 9.51. The van der Waals surface area contributed by atoms with Crippen LogP contribution in [0.2, 0.25) is 0 Å². The Morgan fingerprint density at radius 3 is 2.22 bits per heavy atom. The fourth-order valence-corrected chi connectivity index (χ4v) is 3.71. The first-order valence-corrected chi connectivity index (χ1v) is 8.45. The average molecular weight is 307 g/mol. The fourth-order valence-electron chi connectivity index (χ4n) is 3.71. The highest BCUT2D eigenvalue weighted by Crippen LogP contribution is 2.33. The molecular formula is C20H25N3. The van der Waals surface area contributed by atoms with Crippen LogP contribution in [0.4, 0.5) is 0 Å². The summed E-state index contributed by atoms with van der Waals surface area (Å²) in [6.07, 6.45) is 2.63. The lowest BCUT2D eigenvalue weighted by atomic mass is 9.98. The normalized spacial score (nSPS) is 16.5. The van der Waals surface area contributed by atoms with E-state index in [1.54, 1.807) is 0 Å². The molecule has 0 aliphatic carbocycles. The van der Waals surface area contributed by atoms with Crippen molar-refractivity contribution in [2.24, 2.45) is 7.05 Å². The Balaban J connectivity index is 1.94. The molecular weight excluding hydrogens is 282 g/mol. The molecule has 23 heavy (non-hydrogen) atoms. The minimum atomic E-state index is 0.473. The van der Waals surface area contributed by atoms with Gasteiger partial charge in [-0.25, -0.2) is 0 Å². The minimum Gasteiger partial charge on any atom is -0.350 e. The Bertz CT molecular complexity index is 741. The molecule has 1 saturated heterocycles. The van der Waals surface area contributed by atoms with Gasteiger partial charge in [-0.1, -0.05) is 24.3 Å². The van der Waals surface area contributed by atoms with Gasteiger partial charge in [0.1, 0.15) is 6.07 Å². The molecule has 0 amide bonds. The molecule has 0 radical (unpaired) electrons. The molecule has 0 spiro atoms. The zero-order valence-corrected chi connectivity index (χ0v) is 14.6. The van der Waals surface area contributed by atoms with E-state index in [9.17, 15) is 5.26 Å². The SMILES string of the molecule is Cc1c(C#N)c(-c2ccc([C@@H](C)N3CCCC3)cc2)c(C)n1C. The van der Waals surface area contributed by atoms with Gasteiger partial charge >= 0.3 is 0 Å². The Hall–Kier alpha value is -2.05. The first-order chi connectivity index (χ1) is 11.0. The maximum Gasteiger partial charge on any atom is 0.102 e. The quantitative estimate of drug-likeness (QED) is 0.845. The highest BCUT2D eigenvalue weighted by molar-refractivity contribution is 5.75. The number of hydrogen-bond acceptors (Lipinski definition) is 2. The van der Waals surface area contributed by atoms with Crippen LogP contribution in [0.15, 0.2) is 24.3 Å². The predicted octanol–water partition coefficient (Wildman–Crippen LogP) is 4.34. The molecule has 1 aliphatic rings. The van der Waals surface area contributed by atoms with Gasteiger partial charge in [-0.3, -0.25) is 4.90 Å². The van der Waals surface area contributed by atoms with Crippen LogP contribution in [0.1, 0.15) is 48.3 Å². The summed E-state index contributed by atoms with van der Waals surface area (Å²) in [6, 6.07) is 11.6. The van der Waals surface area contributed by atoms with Crippen molar-refractivity contribution < 1.29 is 0 Å². The Labute approximate surface area is 139 Å². The second kappa shape index (κ2) is 6.22. The zero-order valence-electron chi connectivity index (χ0n) is 14.6. The number of likely N-dealkylation sites (tertiary alicyclic amines) is 1. The van der Waals surface area contributed by atoms with Crippen molar-refractivity contribution in [3.8, 4) is 17.2 Å². The Morgan fingerprint density at radius 2 is 1.65 bits per heavy atom. The van der Waals surface area contributed by atoms with Crippen molar-refractivity contribution in [1.29, 1.82) is 5.26 Å². The summed E-state index contributed by atoms with van der Waals surface area (Å²) in [6.45, 7) is 8.80. The summed E-state index contributed by atoms with van der Waals surface area (Å²) in [5, 5.41) is 9.51. The second-order valence-electron chi connectivity index (χ2n) is 6.63. The van der Waals surface area contributed by atoms with E-state index in [2.05, 4.69) is 53.6 Å². The van der Waals surface area contributed by atoms with Crippen molar-refractivity contribution in [2.45, 2.75) is 39.7 Å². The van der Waals surface area contributed by atoms with Gasteiger partial charge in [0.15, 0.2) is 0 Å². The van der Waals surface area contributed by atoms with Gasteiger partial charge in [0.05, 0.1) is 5.56 Å². The van der Waals surface area contributed by atoms with E-state index in [-0.39, 0.29) is 0 Å². The summed E-state index contributed by atoms with van der Waals surface area (Å²) in [5.74, 6) is 0. The third-order valence-electron chi connectivity index (χ3n) is 5.46. The van der Waals surface area contributed by atoms with Gasteiger partial charge in [0.25, 0.3) is 0 Å². The molecule has 1 aliphatic heterocycles. The van der Waals surface area contributed by atoms with E-state index in [0.717, 1.165) is 28.1 Å². The van der Waals surface area contributed by atoms with E-state index < -0.39 is 0 Å². The molecule has 0 saturated carbocycles. The number of benzene rings is 1. The predicted molar refractivity (Wildman–Crippen MR) is 94.3 cm³/mol. The molecule has 3 heteroatoms. The molecule has 1 aromatic heterocycles. The lowest BCUT2D eigenvalue weighted by Crippen LogP contribution is -2.23. The first kappa shape index (κ1) is 15.8. The maximum atomic E-state index is 9.51. The van der Waals surface area contributed by atoms with Crippen LogP contribution in [0.25, 0.3) is 11.1 Å². The summed E-state index contributed by atoms with van der Waals surface area (Å²) in [7, 11) is 2.03. The van der Waals surface area contributed by atoms with E-state index in [1.807, 2.05) is 14.0 Å². The van der Waals surface area contributed by atoms with E-state index in [0.29, 0.717) is 6.04 Å². The molecule has 3 rings (SSSR count). The van der Waals surface area contributed by atoms with Gasteiger partial charge < -0.3 is 4.57 Å². The van der Waals surface area contributed by atoms with Crippen LogP contribution in [0.5, 0.6) is 0 Å². The summed E-state index contributed by atoms with van der Waals surface area (Å²) in [4.78, 5) is 2.55. The van der Waals surface area contributed by atoms with Crippen LogP contribution in [0.3, 0.4) is 0 Å². The van der Waals surface area contributed by atoms with Crippen LogP contribution >= 0.6 is 0 Å². The zero-order chi connectivity index (χ0) is 16.6. The highest BCUT2D eigenvalue weighted by atomic mass is 15.2. The van der Waals surface area contributed by atoms with Crippen molar-refractivity contribution in [2.75, 3.05) is 13.1 Å². The van der Waals surface area contributed by atoms with E-state index in [1.165, 1.54) is 31.5 Å². The summed E-state index contributed by atoms with van der Waals surface area (Å²) < 4.78 is 2.11. The summed E-state index contributed by atoms with van der Waals surface area (Å²) >= 11 is 0. The lowest BCUT2D eigenvalue weighted by molar-refractivity contribution is 0.263. The first-order valence-electron chi connectivity index (χ1n) is 8.45. The topological polar surface area (TPSA) is 32.0 Å². The van der Waals surface area contributed by atoms with Gasteiger partial charge in [0.2, 0.25) is 0 Å². The average Bonchev–Trinajstić information content (AvgIpc) is 3.18. The minimum absolute atomic E-state index is 0.473. The molecule has 2 heterocycles. The largest absolute Gasteiger partial charge is 0.350 e. The number of nitriles is 1. The van der Waals surface area contributed by atoms with Crippen LogP contribution in [0, 0.1) is 25.2 Å². The Kier molecular flexibility index (Phi) is 4.28. The third kappa shape index (κ3) is 2.68. The number of aromatic nitrogens is 1. The van der Waals surface area contributed by atoms with Crippen molar-refractivity contribution >= 4 is 0 Å². The second-order valence-corrected chi connectivity index (χ2v) is 6.63. The molecule has 120 valence electrons. The van der Waals surface area contributed by atoms with E-state index >= 15 is 0 Å². The van der Waals surface area contributed by atoms with Crippen LogP contribution < -0.4 is 0 Å². The molecule has 0 unspecified atom stereocenters. The molecule has 0 N–H and O–H groups in total. The lowest BCUT2D eigenvalue weighted by Gasteiger charge is -2.24. The molecule has 1 aromatic carbocycles. The molecule has 1 atom stereocenters. The monoisotopic (exact) mass is 307 g/mol. The van der Waals surface area contributed by atoms with Crippen molar-refractivity contribution in [3.63, 3.8) is 0 Å². The van der Waals surface area contributed by atoms with Gasteiger partial charge in [-0.05, 0) is 57.8 Å². The highest BCUT2D eigenvalue weighted by Gasteiger charge is 2.20. The third-order valence-corrected chi connectivity index (χ3v) is 5.46. The number of hydrogen-bond donors (Lipinski definition) is 0. The van der Waals surface area contributed by atoms with Gasteiger partial charge in [-0.15, -0.1) is 0 Å². The molecule has 3 nitrogen and oxygen atoms in total. The number of nitrogens with zero attached hydrogens (tertiary/aromatic N) is 3. The van der Waals surface area contributed by atoms with Crippen molar-refractivity contribution in [3.05, 3.63) is 46.8 Å². The van der Waals surface area contributed by atoms with E-state index in [4.69, 9.17) is 0 Å².